The summed E-state index contributed by atoms with van der Waals surface area (Å²) in [6.07, 6.45) is 7.31. The zero-order valence-corrected chi connectivity index (χ0v) is 13.5. The first kappa shape index (κ1) is 15.6. The van der Waals surface area contributed by atoms with Gasteiger partial charge < -0.3 is 10.4 Å². The number of carbonyl (C=O) groups is 1. The Morgan fingerprint density at radius 1 is 1.18 bits per heavy atom. The summed E-state index contributed by atoms with van der Waals surface area (Å²) in [5, 5.41) is 13.4. The molecule has 2 fully saturated rings. The lowest BCUT2D eigenvalue weighted by Crippen LogP contribution is -2.47. The summed E-state index contributed by atoms with van der Waals surface area (Å²) in [5.74, 6) is -0.910. The molecule has 1 saturated heterocycles. The molecule has 1 aromatic carbocycles. The Labute approximate surface area is 136 Å². The molecule has 1 aromatic rings. The summed E-state index contributed by atoms with van der Waals surface area (Å²) in [5.41, 5.74) is 0.950. The second-order valence-electron chi connectivity index (χ2n) is 6.34. The van der Waals surface area contributed by atoms with Crippen LogP contribution in [0.4, 0.5) is 5.69 Å². The number of nitrogens with zero attached hydrogens (tertiary/aromatic N) is 1. The second kappa shape index (κ2) is 6.88. The van der Waals surface area contributed by atoms with E-state index in [1.54, 1.807) is 18.2 Å². The average Bonchev–Trinajstić information content (AvgIpc) is 3.01. The normalized spacial score (nSPS) is 26.0. The van der Waals surface area contributed by atoms with Gasteiger partial charge in [-0.25, -0.2) is 4.79 Å². The van der Waals surface area contributed by atoms with Crippen LogP contribution >= 0.6 is 11.6 Å². The van der Waals surface area contributed by atoms with E-state index in [4.69, 9.17) is 11.6 Å². The van der Waals surface area contributed by atoms with E-state index in [9.17, 15) is 9.90 Å². The van der Waals surface area contributed by atoms with Crippen molar-refractivity contribution in [1.29, 1.82) is 0 Å². The van der Waals surface area contributed by atoms with Crippen molar-refractivity contribution in [1.82, 2.24) is 4.90 Å². The van der Waals surface area contributed by atoms with Gasteiger partial charge in [0.1, 0.15) is 0 Å². The van der Waals surface area contributed by atoms with Gasteiger partial charge in [0.15, 0.2) is 0 Å². The number of hydrogen-bond acceptors (Lipinski definition) is 3. The Hall–Kier alpha value is -1.26. The van der Waals surface area contributed by atoms with Crippen molar-refractivity contribution in [3.63, 3.8) is 0 Å². The number of likely N-dealkylation sites (tertiary alicyclic amines) is 1. The van der Waals surface area contributed by atoms with Gasteiger partial charge in [-0.1, -0.05) is 24.4 Å². The van der Waals surface area contributed by atoms with E-state index in [2.05, 4.69) is 10.2 Å². The number of carboxylic acid groups (broad SMARTS) is 1. The summed E-state index contributed by atoms with van der Waals surface area (Å²) < 4.78 is 0. The van der Waals surface area contributed by atoms with Crippen LogP contribution in [-0.2, 0) is 0 Å². The van der Waals surface area contributed by atoms with Gasteiger partial charge in [-0.05, 0) is 57.0 Å². The number of aromatic carboxylic acids is 1. The quantitative estimate of drug-likeness (QED) is 0.884. The van der Waals surface area contributed by atoms with Crippen LogP contribution in [0, 0.1) is 0 Å². The van der Waals surface area contributed by atoms with E-state index >= 15 is 0 Å². The molecule has 5 heteroatoms. The molecular formula is C17H23ClN2O2. The average molecular weight is 323 g/mol. The molecule has 22 heavy (non-hydrogen) atoms. The van der Waals surface area contributed by atoms with E-state index in [0.717, 1.165) is 6.42 Å². The van der Waals surface area contributed by atoms with E-state index < -0.39 is 5.97 Å². The third kappa shape index (κ3) is 3.39. The minimum Gasteiger partial charge on any atom is -0.478 e. The SMILES string of the molecule is O=C(O)c1ccc(Cl)cc1N[C@H]1CCCC[C@H]1N1CCCC1. The highest BCUT2D eigenvalue weighted by Crippen LogP contribution is 2.30. The Morgan fingerprint density at radius 2 is 1.91 bits per heavy atom. The lowest BCUT2D eigenvalue weighted by Gasteiger charge is -2.39. The monoisotopic (exact) mass is 322 g/mol. The predicted molar refractivity (Wildman–Crippen MR) is 88.9 cm³/mol. The Morgan fingerprint density at radius 3 is 2.64 bits per heavy atom. The minimum absolute atomic E-state index is 0.301. The largest absolute Gasteiger partial charge is 0.478 e. The second-order valence-corrected chi connectivity index (χ2v) is 6.78. The van der Waals surface area contributed by atoms with Crippen LogP contribution in [0.2, 0.25) is 5.02 Å². The summed E-state index contributed by atoms with van der Waals surface area (Å²) in [7, 11) is 0. The number of carboxylic acids is 1. The zero-order chi connectivity index (χ0) is 15.5. The molecule has 2 atom stereocenters. The van der Waals surface area contributed by atoms with E-state index in [0.29, 0.717) is 28.4 Å². The fourth-order valence-electron chi connectivity index (χ4n) is 3.81. The molecule has 0 unspecified atom stereocenters. The first-order chi connectivity index (χ1) is 10.6. The van der Waals surface area contributed by atoms with Gasteiger partial charge in [0.2, 0.25) is 0 Å². The van der Waals surface area contributed by atoms with Crippen molar-refractivity contribution in [2.24, 2.45) is 0 Å². The summed E-state index contributed by atoms with van der Waals surface area (Å²) >= 11 is 6.06. The third-order valence-electron chi connectivity index (χ3n) is 4.89. The van der Waals surface area contributed by atoms with Crippen LogP contribution in [0.15, 0.2) is 18.2 Å². The molecule has 0 radical (unpaired) electrons. The maximum absolute atomic E-state index is 11.4. The van der Waals surface area contributed by atoms with Gasteiger partial charge in [-0.2, -0.15) is 0 Å². The van der Waals surface area contributed by atoms with Crippen molar-refractivity contribution >= 4 is 23.3 Å². The molecule has 0 amide bonds. The Kier molecular flexibility index (Phi) is 4.89. The highest BCUT2D eigenvalue weighted by Gasteiger charge is 2.32. The molecule has 2 aliphatic rings. The smallest absolute Gasteiger partial charge is 0.337 e. The van der Waals surface area contributed by atoms with Crippen LogP contribution in [0.1, 0.15) is 48.9 Å². The molecule has 1 aliphatic heterocycles. The van der Waals surface area contributed by atoms with Gasteiger partial charge in [-0.15, -0.1) is 0 Å². The van der Waals surface area contributed by atoms with Crippen molar-refractivity contribution in [2.45, 2.75) is 50.6 Å². The molecule has 1 heterocycles. The van der Waals surface area contributed by atoms with Crippen molar-refractivity contribution in [2.75, 3.05) is 18.4 Å². The van der Waals surface area contributed by atoms with Gasteiger partial charge in [0.05, 0.1) is 11.3 Å². The van der Waals surface area contributed by atoms with E-state index in [-0.39, 0.29) is 0 Å². The maximum Gasteiger partial charge on any atom is 0.337 e. The van der Waals surface area contributed by atoms with Crippen molar-refractivity contribution < 1.29 is 9.90 Å². The number of hydrogen-bond donors (Lipinski definition) is 2. The van der Waals surface area contributed by atoms with Crippen LogP contribution in [0.25, 0.3) is 0 Å². The topological polar surface area (TPSA) is 52.6 Å². The lowest BCUT2D eigenvalue weighted by molar-refractivity contribution is 0.0697. The van der Waals surface area contributed by atoms with E-state index in [1.807, 2.05) is 0 Å². The van der Waals surface area contributed by atoms with Crippen LogP contribution in [0.5, 0.6) is 0 Å². The maximum atomic E-state index is 11.4. The number of anilines is 1. The molecule has 0 bridgehead atoms. The molecule has 0 spiro atoms. The van der Waals surface area contributed by atoms with Gasteiger partial charge >= 0.3 is 5.97 Å². The molecule has 120 valence electrons. The Bertz CT molecular complexity index is 543. The highest BCUT2D eigenvalue weighted by atomic mass is 35.5. The first-order valence-corrected chi connectivity index (χ1v) is 8.56. The van der Waals surface area contributed by atoms with Crippen LogP contribution in [-0.4, -0.2) is 41.1 Å². The van der Waals surface area contributed by atoms with Gasteiger partial charge in [0.25, 0.3) is 0 Å². The molecule has 0 aromatic heterocycles. The minimum atomic E-state index is -0.910. The van der Waals surface area contributed by atoms with Crippen molar-refractivity contribution in [3.05, 3.63) is 28.8 Å². The summed E-state index contributed by atoms with van der Waals surface area (Å²) in [6, 6.07) is 5.77. The number of halogens is 1. The third-order valence-corrected chi connectivity index (χ3v) is 5.13. The molecular weight excluding hydrogens is 300 g/mol. The fraction of sp³-hybridized carbons (Fsp3) is 0.588. The van der Waals surface area contributed by atoms with Gasteiger partial charge in [0, 0.05) is 17.1 Å². The van der Waals surface area contributed by atoms with Crippen LogP contribution in [0.3, 0.4) is 0 Å². The molecule has 1 saturated carbocycles. The van der Waals surface area contributed by atoms with Crippen LogP contribution < -0.4 is 5.32 Å². The van der Waals surface area contributed by atoms with Gasteiger partial charge in [-0.3, -0.25) is 4.90 Å². The van der Waals surface area contributed by atoms with Crippen molar-refractivity contribution in [3.8, 4) is 0 Å². The molecule has 1 aliphatic carbocycles. The molecule has 2 N–H and O–H groups in total. The zero-order valence-electron chi connectivity index (χ0n) is 12.7. The summed E-state index contributed by atoms with van der Waals surface area (Å²) in [6.45, 7) is 2.34. The number of nitrogens with one attached hydrogen (secondary N) is 1. The Balaban J connectivity index is 1.80. The highest BCUT2D eigenvalue weighted by molar-refractivity contribution is 6.31. The number of rotatable bonds is 4. The number of benzene rings is 1. The summed E-state index contributed by atoms with van der Waals surface area (Å²) in [4.78, 5) is 14.0. The van der Waals surface area contributed by atoms with E-state index in [1.165, 1.54) is 45.2 Å². The molecule has 3 rings (SSSR count). The standard InChI is InChI=1S/C17H23ClN2O2/c18-12-7-8-13(17(21)22)15(11-12)19-14-5-1-2-6-16(14)20-9-3-4-10-20/h7-8,11,14,16,19H,1-6,9-10H2,(H,21,22)/t14-,16+/m0/s1. The fourth-order valence-corrected chi connectivity index (χ4v) is 3.98. The lowest BCUT2D eigenvalue weighted by atomic mass is 9.89. The predicted octanol–water partition coefficient (Wildman–Crippen LogP) is 3.86. The molecule has 4 nitrogen and oxygen atoms in total. The first-order valence-electron chi connectivity index (χ1n) is 8.18.